The predicted molar refractivity (Wildman–Crippen MR) is 97.7 cm³/mol. The quantitative estimate of drug-likeness (QED) is 0.694. The van der Waals surface area contributed by atoms with Crippen LogP contribution >= 0.6 is 0 Å². The molecule has 1 aliphatic rings. The zero-order valence-corrected chi connectivity index (χ0v) is 15.8. The van der Waals surface area contributed by atoms with Crippen molar-refractivity contribution in [2.24, 2.45) is 5.92 Å². The van der Waals surface area contributed by atoms with Crippen molar-refractivity contribution in [3.8, 4) is 5.75 Å². The molecule has 0 spiro atoms. The first-order valence-corrected chi connectivity index (χ1v) is 8.82. The lowest BCUT2D eigenvalue weighted by molar-refractivity contribution is -0.125. The first kappa shape index (κ1) is 19.8. The highest BCUT2D eigenvalue weighted by molar-refractivity contribution is 5.80. The first-order valence-electron chi connectivity index (χ1n) is 8.82. The van der Waals surface area contributed by atoms with Gasteiger partial charge >= 0.3 is 6.09 Å². The largest absolute Gasteiger partial charge is 0.495 e. The summed E-state index contributed by atoms with van der Waals surface area (Å²) in [6.45, 7) is 5.47. The first-order chi connectivity index (χ1) is 12.3. The molecule has 0 bridgehead atoms. The van der Waals surface area contributed by atoms with Crippen molar-refractivity contribution in [2.75, 3.05) is 12.5 Å². The highest BCUT2D eigenvalue weighted by Gasteiger charge is 2.29. The van der Waals surface area contributed by atoms with Crippen LogP contribution in [0.3, 0.4) is 0 Å². The second-order valence-electron chi connectivity index (χ2n) is 7.40. The molecule has 1 heterocycles. The molecule has 26 heavy (non-hydrogen) atoms. The molecule has 2 rings (SSSR count). The molecule has 8 heteroatoms. The van der Waals surface area contributed by atoms with Crippen molar-refractivity contribution in [3.63, 3.8) is 0 Å². The van der Waals surface area contributed by atoms with Crippen molar-refractivity contribution >= 4 is 17.8 Å². The average Bonchev–Trinajstić information content (AvgIpc) is 2.58. The van der Waals surface area contributed by atoms with Crippen molar-refractivity contribution in [1.82, 2.24) is 15.7 Å². The van der Waals surface area contributed by atoms with E-state index in [4.69, 9.17) is 9.47 Å². The molecule has 0 aromatic carbocycles. The summed E-state index contributed by atoms with van der Waals surface area (Å²) < 4.78 is 10.3. The molecule has 0 aliphatic heterocycles. The van der Waals surface area contributed by atoms with Gasteiger partial charge in [0.25, 0.3) is 0 Å². The fourth-order valence-electron chi connectivity index (χ4n) is 2.84. The molecule has 1 aromatic rings. The highest BCUT2D eigenvalue weighted by Crippen LogP contribution is 2.25. The van der Waals surface area contributed by atoms with Crippen LogP contribution in [0.4, 0.5) is 10.6 Å². The lowest BCUT2D eigenvalue weighted by Gasteiger charge is -2.30. The SMILES string of the molecule is COc1ccc(NNC(=O)[C@H]2CCC[C@@H](NC(=O)OC(C)(C)C)C2)nc1. The van der Waals surface area contributed by atoms with E-state index in [-0.39, 0.29) is 17.9 Å². The Labute approximate surface area is 154 Å². The van der Waals surface area contributed by atoms with Crippen LogP contribution < -0.4 is 20.9 Å². The van der Waals surface area contributed by atoms with Gasteiger partial charge in [0.05, 0.1) is 13.3 Å². The summed E-state index contributed by atoms with van der Waals surface area (Å²) in [7, 11) is 1.57. The van der Waals surface area contributed by atoms with Crippen molar-refractivity contribution in [2.45, 2.75) is 58.1 Å². The molecule has 0 radical (unpaired) electrons. The Kier molecular flexibility index (Phi) is 6.65. The minimum absolute atomic E-state index is 0.0616. The average molecular weight is 364 g/mol. The van der Waals surface area contributed by atoms with Gasteiger partial charge in [0, 0.05) is 12.0 Å². The Morgan fingerprint density at radius 1 is 1.23 bits per heavy atom. The zero-order chi connectivity index (χ0) is 19.2. The molecule has 1 aromatic heterocycles. The predicted octanol–water partition coefficient (Wildman–Crippen LogP) is 2.62. The van der Waals surface area contributed by atoms with Gasteiger partial charge in [0.2, 0.25) is 5.91 Å². The summed E-state index contributed by atoms with van der Waals surface area (Å²) in [6, 6.07) is 3.41. The van der Waals surface area contributed by atoms with E-state index in [0.717, 1.165) is 19.3 Å². The van der Waals surface area contributed by atoms with Gasteiger partial charge in [-0.15, -0.1) is 0 Å². The molecule has 8 nitrogen and oxygen atoms in total. The molecule has 2 atom stereocenters. The van der Waals surface area contributed by atoms with Crippen LogP contribution in [0.5, 0.6) is 5.75 Å². The Morgan fingerprint density at radius 2 is 2.00 bits per heavy atom. The number of nitrogens with one attached hydrogen (secondary N) is 3. The fourth-order valence-corrected chi connectivity index (χ4v) is 2.84. The van der Waals surface area contributed by atoms with E-state index in [0.29, 0.717) is 18.0 Å². The van der Waals surface area contributed by atoms with Gasteiger partial charge in [-0.05, 0) is 52.2 Å². The molecule has 144 valence electrons. The molecular formula is C18H28N4O4. The number of aromatic nitrogens is 1. The number of carbonyl (C=O) groups is 2. The number of hydrogen-bond acceptors (Lipinski definition) is 6. The number of alkyl carbamates (subject to hydrolysis) is 1. The lowest BCUT2D eigenvalue weighted by atomic mass is 9.85. The Bertz CT molecular complexity index is 613. The maximum atomic E-state index is 12.4. The normalized spacial score (nSPS) is 20.0. The molecule has 0 unspecified atom stereocenters. The minimum Gasteiger partial charge on any atom is -0.495 e. The van der Waals surface area contributed by atoms with Crippen LogP contribution in [0.15, 0.2) is 18.3 Å². The lowest BCUT2D eigenvalue weighted by Crippen LogP contribution is -2.45. The number of anilines is 1. The number of amides is 2. The molecule has 0 saturated heterocycles. The molecular weight excluding hydrogens is 336 g/mol. The molecule has 3 N–H and O–H groups in total. The van der Waals surface area contributed by atoms with E-state index in [9.17, 15) is 9.59 Å². The van der Waals surface area contributed by atoms with E-state index in [1.54, 1.807) is 25.4 Å². The van der Waals surface area contributed by atoms with E-state index in [2.05, 4.69) is 21.2 Å². The molecule has 1 saturated carbocycles. The van der Waals surface area contributed by atoms with Gasteiger partial charge in [-0.25, -0.2) is 9.78 Å². The Morgan fingerprint density at radius 3 is 2.62 bits per heavy atom. The van der Waals surface area contributed by atoms with Gasteiger partial charge < -0.3 is 14.8 Å². The van der Waals surface area contributed by atoms with Crippen LogP contribution in [-0.2, 0) is 9.53 Å². The van der Waals surface area contributed by atoms with Gasteiger partial charge in [-0.2, -0.15) is 0 Å². The Balaban J connectivity index is 1.80. The smallest absolute Gasteiger partial charge is 0.407 e. The topological polar surface area (TPSA) is 102 Å². The second kappa shape index (κ2) is 8.73. The van der Waals surface area contributed by atoms with Crippen LogP contribution in [0, 0.1) is 5.92 Å². The number of pyridine rings is 1. The van der Waals surface area contributed by atoms with Crippen molar-refractivity contribution < 1.29 is 19.1 Å². The standard InChI is InChI=1S/C18H28N4O4/c1-18(2,3)26-17(24)20-13-7-5-6-12(10-13)16(23)22-21-15-9-8-14(25-4)11-19-15/h8-9,11-13H,5-7,10H2,1-4H3,(H,19,21)(H,20,24)(H,22,23)/t12-,13+/m0/s1. The number of ether oxygens (including phenoxy) is 2. The Hall–Kier alpha value is -2.51. The maximum Gasteiger partial charge on any atom is 0.407 e. The summed E-state index contributed by atoms with van der Waals surface area (Å²) in [6.07, 6.45) is 4.22. The number of nitrogens with zero attached hydrogens (tertiary/aromatic N) is 1. The monoisotopic (exact) mass is 364 g/mol. The van der Waals surface area contributed by atoms with Crippen molar-refractivity contribution in [1.29, 1.82) is 0 Å². The number of hydrogen-bond donors (Lipinski definition) is 3. The maximum absolute atomic E-state index is 12.4. The van der Waals surface area contributed by atoms with Crippen LogP contribution in [0.25, 0.3) is 0 Å². The summed E-state index contributed by atoms with van der Waals surface area (Å²) in [5, 5.41) is 2.86. The van der Waals surface area contributed by atoms with Gasteiger partial charge in [0.1, 0.15) is 17.2 Å². The molecule has 1 fully saturated rings. The molecule has 1 aliphatic carbocycles. The number of methoxy groups -OCH3 is 1. The molecule has 2 amide bonds. The third-order valence-corrected chi connectivity index (χ3v) is 4.05. The van der Waals surface area contributed by atoms with Crippen LogP contribution in [-0.4, -0.2) is 35.7 Å². The van der Waals surface area contributed by atoms with Crippen LogP contribution in [0.1, 0.15) is 46.5 Å². The van der Waals surface area contributed by atoms with Gasteiger partial charge in [0.15, 0.2) is 0 Å². The van der Waals surface area contributed by atoms with E-state index in [1.807, 2.05) is 20.8 Å². The third-order valence-electron chi connectivity index (χ3n) is 4.05. The van der Waals surface area contributed by atoms with Crippen molar-refractivity contribution in [3.05, 3.63) is 18.3 Å². The fraction of sp³-hybridized carbons (Fsp3) is 0.611. The zero-order valence-electron chi connectivity index (χ0n) is 15.8. The van der Waals surface area contributed by atoms with E-state index < -0.39 is 11.7 Å². The number of hydrazine groups is 1. The van der Waals surface area contributed by atoms with Gasteiger partial charge in [-0.1, -0.05) is 6.42 Å². The summed E-state index contributed by atoms with van der Waals surface area (Å²) >= 11 is 0. The number of rotatable bonds is 5. The summed E-state index contributed by atoms with van der Waals surface area (Å²) in [4.78, 5) is 28.4. The van der Waals surface area contributed by atoms with E-state index >= 15 is 0 Å². The highest BCUT2D eigenvalue weighted by atomic mass is 16.6. The third kappa shape index (κ3) is 6.42. The summed E-state index contributed by atoms with van der Waals surface area (Å²) in [5.41, 5.74) is 4.95. The van der Waals surface area contributed by atoms with Gasteiger partial charge in [-0.3, -0.25) is 15.6 Å². The number of carbonyl (C=O) groups excluding carboxylic acids is 2. The second-order valence-corrected chi connectivity index (χ2v) is 7.40. The van der Waals surface area contributed by atoms with E-state index in [1.165, 1.54) is 0 Å². The van der Waals surface area contributed by atoms with Crippen LogP contribution in [0.2, 0.25) is 0 Å². The summed E-state index contributed by atoms with van der Waals surface area (Å²) in [5.74, 6) is 0.886. The minimum atomic E-state index is -0.537.